The van der Waals surface area contributed by atoms with Crippen LogP contribution in [0, 0.1) is 56.7 Å². The molecule has 6 aliphatic rings. The van der Waals surface area contributed by atoms with E-state index in [0.717, 1.165) is 64.2 Å². The van der Waals surface area contributed by atoms with Gasteiger partial charge in [-0.1, -0.05) is 120 Å². The van der Waals surface area contributed by atoms with Crippen LogP contribution in [0.25, 0.3) is 0 Å². The molecule has 4 aromatic rings. The van der Waals surface area contributed by atoms with Gasteiger partial charge in [-0.2, -0.15) is 0 Å². The predicted molar refractivity (Wildman–Crippen MR) is 293 cm³/mol. The number of rotatable bonds is 14. The van der Waals surface area contributed by atoms with E-state index in [9.17, 15) is 24.0 Å². The molecule has 78 heavy (non-hydrogen) atoms. The van der Waals surface area contributed by atoms with Gasteiger partial charge in [-0.15, -0.1) is 0 Å². The van der Waals surface area contributed by atoms with Gasteiger partial charge in [-0.25, -0.2) is 19.2 Å². The largest absolute Gasteiger partial charge is 0.462 e. The van der Waals surface area contributed by atoms with Crippen LogP contribution in [0.15, 0.2) is 133 Å². The molecule has 1 heterocycles. The van der Waals surface area contributed by atoms with Gasteiger partial charge in [0.15, 0.2) is 24.6 Å². The predicted octanol–water partition coefficient (Wildman–Crippen LogP) is 12.9. The number of hydrogen-bond acceptors (Lipinski definition) is 12. The highest BCUT2D eigenvalue weighted by Crippen LogP contribution is 2.77. The summed E-state index contributed by atoms with van der Waals surface area (Å²) in [6.07, 6.45) is 2.77. The Morgan fingerprint density at radius 3 is 1.60 bits per heavy atom. The quantitative estimate of drug-likeness (QED) is 0.0672. The summed E-state index contributed by atoms with van der Waals surface area (Å²) in [5.41, 5.74) is 1.79. The van der Waals surface area contributed by atoms with E-state index in [1.54, 1.807) is 121 Å². The van der Waals surface area contributed by atoms with E-state index in [-0.39, 0.29) is 74.3 Å². The minimum Gasteiger partial charge on any atom is -0.462 e. The maximum atomic E-state index is 14.4. The van der Waals surface area contributed by atoms with Crippen LogP contribution >= 0.6 is 0 Å². The van der Waals surface area contributed by atoms with Gasteiger partial charge in [0, 0.05) is 12.3 Å². The standard InChI is InChI=1S/C66H78O12/c1-41(2)47-31-36-66(38-37-64(7)48(53(47)66)29-30-51-63(6)34-33-52(74-42(3)67)62(4,5)50(63)32-35-65(51,64)8)40-73-61-56(78-60(71)46-27-19-12-20-28-46)55(77-59(70)45-25-17-11-18-26-45)54(76-58(69)44-23-15-10-16-24-44)49(75-61)39-72-57(68)43-21-13-9-14-22-43/h9-28,47-56,61H,1,29-40H2,2-8H3/t47-,48+,49+,50-,51+,52-,53+,54+,55-,56+,61+,63-,64+,65+,66+/m0/s1. The molecule has 4 aromatic carbocycles. The van der Waals surface area contributed by atoms with Crippen molar-refractivity contribution in [1.82, 2.24) is 0 Å². The molecule has 0 N–H and O–H groups in total. The number of carbonyl (C=O) groups is 5. The molecule has 10 rings (SSSR count). The monoisotopic (exact) mass is 1060 g/mol. The molecule has 0 radical (unpaired) electrons. The summed E-state index contributed by atoms with van der Waals surface area (Å²) in [7, 11) is 0. The van der Waals surface area contributed by atoms with E-state index in [1.165, 1.54) is 12.5 Å². The first kappa shape index (κ1) is 55.2. The molecule has 0 aromatic heterocycles. The Kier molecular flexibility index (Phi) is 15.5. The average molecular weight is 1060 g/mol. The molecular weight excluding hydrogens is 985 g/mol. The maximum Gasteiger partial charge on any atom is 0.338 e. The Morgan fingerprint density at radius 2 is 1.06 bits per heavy atom. The van der Waals surface area contributed by atoms with Crippen molar-refractivity contribution in [2.75, 3.05) is 13.2 Å². The number of fused-ring (bicyclic) bond motifs is 7. The Balaban J connectivity index is 1.01. The number of carbonyl (C=O) groups excluding carboxylic acids is 5. The second-order valence-electron chi connectivity index (χ2n) is 25.0. The van der Waals surface area contributed by atoms with E-state index < -0.39 is 61.2 Å². The minimum atomic E-state index is -1.52. The summed E-state index contributed by atoms with van der Waals surface area (Å²) in [5, 5.41) is 0. The van der Waals surface area contributed by atoms with Crippen molar-refractivity contribution in [3.63, 3.8) is 0 Å². The highest BCUT2D eigenvalue weighted by atomic mass is 16.7. The Bertz CT molecular complexity index is 2840. The molecule has 0 bridgehead atoms. The van der Waals surface area contributed by atoms with E-state index in [4.69, 9.17) is 33.2 Å². The van der Waals surface area contributed by atoms with Gasteiger partial charge in [-0.05, 0) is 171 Å². The van der Waals surface area contributed by atoms with Gasteiger partial charge >= 0.3 is 29.8 Å². The summed E-state index contributed by atoms with van der Waals surface area (Å²) in [6, 6.07) is 33.8. The molecule has 12 heteroatoms. The smallest absolute Gasteiger partial charge is 0.338 e. The van der Waals surface area contributed by atoms with E-state index in [0.29, 0.717) is 23.3 Å². The second-order valence-corrected chi connectivity index (χ2v) is 25.0. The molecule has 0 unspecified atom stereocenters. The lowest BCUT2D eigenvalue weighted by molar-refractivity contribution is -0.309. The zero-order valence-electron chi connectivity index (χ0n) is 46.5. The summed E-state index contributed by atoms with van der Waals surface area (Å²) in [4.78, 5) is 69.1. The molecule has 0 spiro atoms. The molecule has 5 aliphatic carbocycles. The Hall–Kier alpha value is -6.11. The molecule has 414 valence electrons. The van der Waals surface area contributed by atoms with Crippen LogP contribution in [0.1, 0.15) is 154 Å². The van der Waals surface area contributed by atoms with Crippen molar-refractivity contribution in [1.29, 1.82) is 0 Å². The zero-order valence-corrected chi connectivity index (χ0v) is 46.5. The van der Waals surface area contributed by atoms with Crippen molar-refractivity contribution in [3.05, 3.63) is 156 Å². The van der Waals surface area contributed by atoms with E-state index >= 15 is 0 Å². The molecular formula is C66H78O12. The number of hydrogen-bond donors (Lipinski definition) is 0. The number of allylic oxidation sites excluding steroid dienone is 1. The molecule has 6 fully saturated rings. The van der Waals surface area contributed by atoms with E-state index in [2.05, 4.69) is 48.1 Å². The number of esters is 5. The number of benzene rings is 4. The third-order valence-corrected chi connectivity index (χ3v) is 20.8. The lowest BCUT2D eigenvalue weighted by atomic mass is 9.32. The van der Waals surface area contributed by atoms with Crippen molar-refractivity contribution < 1.29 is 57.1 Å². The third-order valence-electron chi connectivity index (χ3n) is 20.8. The van der Waals surface area contributed by atoms with Gasteiger partial charge in [0.1, 0.15) is 18.8 Å². The van der Waals surface area contributed by atoms with Crippen LogP contribution in [-0.4, -0.2) is 79.9 Å². The molecule has 0 amide bonds. The molecule has 15 atom stereocenters. The lowest BCUT2D eigenvalue weighted by Crippen LogP contribution is -2.67. The minimum absolute atomic E-state index is 0.00236. The maximum absolute atomic E-state index is 14.4. The summed E-state index contributed by atoms with van der Waals surface area (Å²) in [5.74, 6) is -1.36. The van der Waals surface area contributed by atoms with Crippen LogP contribution in [-0.2, 0) is 38.0 Å². The fraction of sp³-hybridized carbons (Fsp3) is 0.530. The fourth-order valence-electron chi connectivity index (χ4n) is 16.8. The van der Waals surface area contributed by atoms with Crippen molar-refractivity contribution in [2.45, 2.75) is 149 Å². The fourth-order valence-corrected chi connectivity index (χ4v) is 16.8. The highest BCUT2D eigenvalue weighted by molar-refractivity contribution is 5.91. The van der Waals surface area contributed by atoms with Crippen LogP contribution in [0.4, 0.5) is 0 Å². The van der Waals surface area contributed by atoms with Gasteiger partial charge in [0.2, 0.25) is 0 Å². The second kappa shape index (κ2) is 21.8. The topological polar surface area (TPSA) is 150 Å². The highest BCUT2D eigenvalue weighted by Gasteiger charge is 2.71. The van der Waals surface area contributed by atoms with Gasteiger partial charge in [0.25, 0.3) is 0 Å². The Morgan fingerprint density at radius 1 is 0.538 bits per heavy atom. The van der Waals surface area contributed by atoms with Crippen molar-refractivity contribution in [2.24, 2.45) is 56.7 Å². The molecule has 1 saturated heterocycles. The van der Waals surface area contributed by atoms with Gasteiger partial charge in [0.05, 0.1) is 28.9 Å². The normalized spacial score (nSPS) is 35.4. The molecule has 5 saturated carbocycles. The summed E-state index contributed by atoms with van der Waals surface area (Å²) < 4.78 is 45.4. The van der Waals surface area contributed by atoms with E-state index in [1.807, 2.05) is 0 Å². The van der Waals surface area contributed by atoms with Gasteiger partial charge in [-0.3, -0.25) is 4.79 Å². The summed E-state index contributed by atoms with van der Waals surface area (Å²) >= 11 is 0. The first-order valence-electron chi connectivity index (χ1n) is 28.4. The first-order valence-corrected chi connectivity index (χ1v) is 28.4. The van der Waals surface area contributed by atoms with Crippen LogP contribution in [0.5, 0.6) is 0 Å². The van der Waals surface area contributed by atoms with Crippen LogP contribution < -0.4 is 0 Å². The molecule has 1 aliphatic heterocycles. The van der Waals surface area contributed by atoms with Gasteiger partial charge < -0.3 is 33.2 Å². The average Bonchev–Trinajstić information content (AvgIpc) is 2.62. The third kappa shape index (κ3) is 10.0. The lowest BCUT2D eigenvalue weighted by Gasteiger charge is -2.73. The summed E-state index contributed by atoms with van der Waals surface area (Å²) in [6.45, 7) is 20.6. The number of ether oxygens (including phenoxy) is 7. The molecule has 12 nitrogen and oxygen atoms in total. The van der Waals surface area contributed by atoms with Crippen molar-refractivity contribution in [3.8, 4) is 0 Å². The Labute approximate surface area is 460 Å². The first-order chi connectivity index (χ1) is 37.3. The SMILES string of the molecule is C=C(C)[C@@H]1CC[C@]2(CO[C@@H]3O[C@H](COC(=O)c4ccccc4)[C@@H](OC(=O)c4ccccc4)[C@H](OC(=O)c4ccccc4)[C@H]3OC(=O)c3ccccc3)CC[C@]3(C)[C@H](CC[C@@H]4[C@@]5(C)CC[C@H](OC(C)=O)C(C)(C)[C@@H]5CC[C@]43C)[C@@H]12. The van der Waals surface area contributed by atoms with Crippen molar-refractivity contribution >= 4 is 29.8 Å². The van der Waals surface area contributed by atoms with Crippen LogP contribution in [0.2, 0.25) is 0 Å². The van der Waals surface area contributed by atoms with Crippen LogP contribution in [0.3, 0.4) is 0 Å². The zero-order chi connectivity index (χ0) is 55.2.